The first-order valence-electron chi connectivity index (χ1n) is 13.0. The Labute approximate surface area is 225 Å². The van der Waals surface area contributed by atoms with Crippen molar-refractivity contribution < 1.29 is 18.4 Å². The summed E-state index contributed by atoms with van der Waals surface area (Å²) in [6.07, 6.45) is 6.67. The number of hydrogen-bond donors (Lipinski definition) is 1. The lowest BCUT2D eigenvalue weighted by atomic mass is 9.79. The molecule has 1 spiro atoms. The number of nitrogens with one attached hydrogen (secondary N) is 1. The number of carbonyl (C=O) groups excluding carboxylic acids is 2. The minimum Gasteiger partial charge on any atom is -0.310 e. The van der Waals surface area contributed by atoms with Crippen LogP contribution in [0.3, 0.4) is 0 Å². The van der Waals surface area contributed by atoms with Gasteiger partial charge in [-0.15, -0.1) is 0 Å². The van der Waals surface area contributed by atoms with Gasteiger partial charge in [-0.3, -0.25) is 14.6 Å². The molecule has 2 atom stereocenters. The molecule has 6 rings (SSSR count). The van der Waals surface area contributed by atoms with Crippen LogP contribution in [0.2, 0.25) is 0 Å². The number of anilines is 1. The summed E-state index contributed by atoms with van der Waals surface area (Å²) in [5.41, 5.74) is 2.90. The third-order valence-electron chi connectivity index (χ3n) is 8.09. The summed E-state index contributed by atoms with van der Waals surface area (Å²) in [5.74, 6) is -1.21. The maximum absolute atomic E-state index is 14.1. The van der Waals surface area contributed by atoms with Gasteiger partial charge >= 0.3 is 0 Å². The van der Waals surface area contributed by atoms with Crippen LogP contribution in [-0.4, -0.2) is 34.0 Å². The van der Waals surface area contributed by atoms with Crippen LogP contribution in [0.4, 0.5) is 14.6 Å². The number of pyridine rings is 1. The maximum atomic E-state index is 14.1. The monoisotopic (exact) mass is 526 g/mol. The highest BCUT2D eigenvalue weighted by Gasteiger charge is 2.51. The van der Waals surface area contributed by atoms with Gasteiger partial charge in [-0.25, -0.2) is 13.8 Å². The normalized spacial score (nSPS) is 23.6. The van der Waals surface area contributed by atoms with Crippen LogP contribution >= 0.6 is 0 Å². The molecule has 198 valence electrons. The molecule has 0 bridgehead atoms. The summed E-state index contributed by atoms with van der Waals surface area (Å²) in [5, 5.41) is 2.93. The van der Waals surface area contributed by atoms with Gasteiger partial charge in [-0.05, 0) is 54.7 Å². The van der Waals surface area contributed by atoms with Crippen molar-refractivity contribution in [3.05, 3.63) is 100 Å². The first-order valence-corrected chi connectivity index (χ1v) is 13.0. The molecule has 0 saturated carbocycles. The molecule has 2 aliphatic heterocycles. The molecule has 1 aliphatic carbocycles. The SMILES string of the molecule is CC(C)C1=N[C@@](C)(c2cc(F)cc(F)c2)N(C/C=C/c2ccc3c(c2)C[C@@]2(C3)C(=O)Nc3ncccc32)C1=O. The van der Waals surface area contributed by atoms with Gasteiger partial charge in [0.2, 0.25) is 5.91 Å². The average molecular weight is 527 g/mol. The second-order valence-electron chi connectivity index (χ2n) is 11.0. The van der Waals surface area contributed by atoms with Crippen molar-refractivity contribution in [2.45, 2.75) is 44.7 Å². The Balaban J connectivity index is 1.25. The first-order chi connectivity index (χ1) is 18.6. The Morgan fingerprint density at radius 1 is 1.05 bits per heavy atom. The average Bonchev–Trinajstić information content (AvgIpc) is 3.49. The molecule has 1 aromatic heterocycles. The lowest BCUT2D eigenvalue weighted by Crippen LogP contribution is -2.43. The lowest BCUT2D eigenvalue weighted by molar-refractivity contribution is -0.127. The van der Waals surface area contributed by atoms with Gasteiger partial charge < -0.3 is 10.2 Å². The number of aromatic nitrogens is 1. The van der Waals surface area contributed by atoms with Crippen LogP contribution in [0.1, 0.15) is 48.6 Å². The molecule has 3 heterocycles. The van der Waals surface area contributed by atoms with E-state index < -0.39 is 22.7 Å². The Morgan fingerprint density at radius 3 is 2.54 bits per heavy atom. The second kappa shape index (κ2) is 8.93. The fourth-order valence-corrected chi connectivity index (χ4v) is 6.05. The van der Waals surface area contributed by atoms with Crippen molar-refractivity contribution in [1.29, 1.82) is 0 Å². The summed E-state index contributed by atoms with van der Waals surface area (Å²) in [6.45, 7) is 5.66. The van der Waals surface area contributed by atoms with E-state index in [1.165, 1.54) is 12.1 Å². The summed E-state index contributed by atoms with van der Waals surface area (Å²) in [6, 6.07) is 13.2. The maximum Gasteiger partial charge on any atom is 0.270 e. The van der Waals surface area contributed by atoms with Crippen molar-refractivity contribution >= 4 is 29.4 Å². The quantitative estimate of drug-likeness (QED) is 0.498. The molecule has 2 amide bonds. The smallest absolute Gasteiger partial charge is 0.270 e. The van der Waals surface area contributed by atoms with Gasteiger partial charge in [0.15, 0.2) is 5.66 Å². The minimum absolute atomic E-state index is 0.0222. The highest BCUT2D eigenvalue weighted by atomic mass is 19.1. The summed E-state index contributed by atoms with van der Waals surface area (Å²) in [7, 11) is 0. The zero-order valence-corrected chi connectivity index (χ0v) is 22.0. The number of hydrogen-bond acceptors (Lipinski definition) is 4. The van der Waals surface area contributed by atoms with Crippen LogP contribution in [0.5, 0.6) is 0 Å². The highest BCUT2D eigenvalue weighted by molar-refractivity contribution is 6.41. The van der Waals surface area contributed by atoms with E-state index in [1.54, 1.807) is 18.0 Å². The zero-order valence-electron chi connectivity index (χ0n) is 22.0. The van der Waals surface area contributed by atoms with Crippen molar-refractivity contribution in [3.63, 3.8) is 0 Å². The van der Waals surface area contributed by atoms with Crippen molar-refractivity contribution in [2.24, 2.45) is 10.9 Å². The van der Waals surface area contributed by atoms with Gasteiger partial charge in [0.25, 0.3) is 5.91 Å². The van der Waals surface area contributed by atoms with Gasteiger partial charge in [-0.1, -0.05) is 50.3 Å². The number of nitrogens with zero attached hydrogens (tertiary/aromatic N) is 3. The van der Waals surface area contributed by atoms with Crippen molar-refractivity contribution in [1.82, 2.24) is 9.88 Å². The molecular weight excluding hydrogens is 498 g/mol. The molecule has 1 N–H and O–H groups in total. The summed E-state index contributed by atoms with van der Waals surface area (Å²) < 4.78 is 28.2. The van der Waals surface area contributed by atoms with Gasteiger partial charge in [-0.2, -0.15) is 0 Å². The topological polar surface area (TPSA) is 74.7 Å². The number of carbonyl (C=O) groups is 2. The molecule has 0 radical (unpaired) electrons. The fourth-order valence-electron chi connectivity index (χ4n) is 6.05. The van der Waals surface area contributed by atoms with E-state index in [4.69, 9.17) is 0 Å². The number of amides is 2. The van der Waals surface area contributed by atoms with Gasteiger partial charge in [0.1, 0.15) is 23.2 Å². The molecule has 0 fully saturated rings. The van der Waals surface area contributed by atoms with Gasteiger partial charge in [0.05, 0.1) is 5.41 Å². The van der Waals surface area contributed by atoms with E-state index in [0.29, 0.717) is 24.4 Å². The summed E-state index contributed by atoms with van der Waals surface area (Å²) in [4.78, 5) is 36.8. The number of aliphatic imine (C=N–C) groups is 1. The third kappa shape index (κ3) is 3.97. The van der Waals surface area contributed by atoms with Crippen LogP contribution in [0.15, 0.2) is 65.8 Å². The third-order valence-corrected chi connectivity index (χ3v) is 8.09. The number of fused-ring (bicyclic) bond motifs is 3. The molecule has 0 saturated heterocycles. The fraction of sp³-hybridized carbons (Fsp3) is 0.290. The molecule has 0 unspecified atom stereocenters. The minimum atomic E-state index is -1.23. The Kier molecular flexibility index (Phi) is 5.75. The predicted octanol–water partition coefficient (Wildman–Crippen LogP) is 5.17. The lowest BCUT2D eigenvalue weighted by Gasteiger charge is -2.33. The van der Waals surface area contributed by atoms with Crippen molar-refractivity contribution in [2.75, 3.05) is 11.9 Å². The largest absolute Gasteiger partial charge is 0.310 e. The van der Waals surface area contributed by atoms with Gasteiger partial charge in [0, 0.05) is 35.9 Å². The summed E-state index contributed by atoms with van der Waals surface area (Å²) >= 11 is 0. The molecule has 3 aromatic rings. The Bertz CT molecular complexity index is 1580. The zero-order chi connectivity index (χ0) is 27.5. The van der Waals surface area contributed by atoms with E-state index >= 15 is 0 Å². The molecular formula is C31H28F2N4O2. The van der Waals surface area contributed by atoms with Crippen molar-refractivity contribution in [3.8, 4) is 0 Å². The molecule has 39 heavy (non-hydrogen) atoms. The Hall–Kier alpha value is -4.20. The van der Waals surface area contributed by atoms with Crippen LogP contribution in [0, 0.1) is 17.6 Å². The Morgan fingerprint density at radius 2 is 1.79 bits per heavy atom. The second-order valence-corrected chi connectivity index (χ2v) is 11.0. The standard InChI is InChI=1S/C31H28F2N4O2/c1-18(2)26-28(38)37(30(3,36-26)22-13-23(32)15-24(33)14-22)11-5-6-19-8-9-20-16-31(17-21(20)12-19)25-7-4-10-34-27(25)35-29(31)39/h4-10,12-15,18H,11,16-17H2,1-3H3,(H,34,35,39)/b6-5+/t30-,31-/m1/s1. The predicted molar refractivity (Wildman–Crippen MR) is 145 cm³/mol. The van der Waals surface area contributed by atoms with E-state index in [9.17, 15) is 18.4 Å². The first kappa shape index (κ1) is 25.1. The van der Waals surface area contributed by atoms with Crippen LogP contribution in [0.25, 0.3) is 6.08 Å². The highest BCUT2D eigenvalue weighted by Crippen LogP contribution is 2.46. The number of halogens is 2. The van der Waals surface area contributed by atoms with E-state index in [2.05, 4.69) is 21.4 Å². The van der Waals surface area contributed by atoms with Crippen LogP contribution in [-0.2, 0) is 33.5 Å². The number of rotatable bonds is 5. The van der Waals surface area contributed by atoms with Crippen LogP contribution < -0.4 is 5.32 Å². The molecule has 8 heteroatoms. The van der Waals surface area contributed by atoms with E-state index in [-0.39, 0.29) is 29.8 Å². The molecule has 2 aromatic carbocycles. The molecule has 3 aliphatic rings. The number of benzene rings is 2. The van der Waals surface area contributed by atoms with E-state index in [1.807, 2.05) is 50.3 Å². The van der Waals surface area contributed by atoms with E-state index in [0.717, 1.165) is 28.3 Å². The molecule has 6 nitrogen and oxygen atoms in total.